The van der Waals surface area contributed by atoms with E-state index in [1.54, 1.807) is 0 Å². The lowest BCUT2D eigenvalue weighted by Gasteiger charge is -2.47. The van der Waals surface area contributed by atoms with Gasteiger partial charge in [0.2, 0.25) is 0 Å². The fourth-order valence-electron chi connectivity index (χ4n) is 4.09. The Morgan fingerprint density at radius 3 is 2.96 bits per heavy atom. The third-order valence-electron chi connectivity index (χ3n) is 5.51. The second-order valence-corrected chi connectivity index (χ2v) is 8.50. The zero-order chi connectivity index (χ0) is 18.8. The summed E-state index contributed by atoms with van der Waals surface area (Å²) < 4.78 is 0. The number of hydrogen-bond acceptors (Lipinski definition) is 5. The van der Waals surface area contributed by atoms with Gasteiger partial charge in [0.05, 0.1) is 24.2 Å². The molecule has 0 bridgehead atoms. The molecule has 27 heavy (non-hydrogen) atoms. The molecule has 2 amide bonds. The van der Waals surface area contributed by atoms with Crippen LogP contribution < -0.4 is 5.73 Å². The van der Waals surface area contributed by atoms with Crippen molar-refractivity contribution in [3.8, 4) is 6.07 Å². The molecule has 0 aliphatic carbocycles. The van der Waals surface area contributed by atoms with Gasteiger partial charge in [0.25, 0.3) is 0 Å². The summed E-state index contributed by atoms with van der Waals surface area (Å²) in [5.41, 5.74) is 7.71. The number of rotatable bonds is 3. The van der Waals surface area contributed by atoms with Crippen molar-refractivity contribution in [2.24, 2.45) is 5.73 Å². The van der Waals surface area contributed by atoms with E-state index in [2.05, 4.69) is 17.0 Å². The lowest BCUT2D eigenvalue weighted by molar-refractivity contribution is 0.114. The van der Waals surface area contributed by atoms with Gasteiger partial charge in [0.1, 0.15) is 5.82 Å². The second kappa shape index (κ2) is 7.83. The fraction of sp³-hybridized carbons (Fsp3) is 0.500. The smallest absolute Gasteiger partial charge is 0.326 e. The molecule has 0 spiro atoms. The number of carbonyl (C=O) groups is 1. The van der Waals surface area contributed by atoms with Crippen LogP contribution in [0.25, 0.3) is 0 Å². The molecule has 1 aromatic rings. The number of likely N-dealkylation sites (tertiary alicyclic amines) is 1. The van der Waals surface area contributed by atoms with Crippen molar-refractivity contribution in [1.82, 2.24) is 14.7 Å². The summed E-state index contributed by atoms with van der Waals surface area (Å²) in [5.74, 6) is 2.88. The van der Waals surface area contributed by atoms with Crippen molar-refractivity contribution in [3.63, 3.8) is 0 Å². The Labute approximate surface area is 164 Å². The van der Waals surface area contributed by atoms with Crippen molar-refractivity contribution in [2.45, 2.75) is 31.5 Å². The SMILES string of the molecule is N#Cc1ccccc1CN1C(=O)N2CCSCC2C=C1N1CCCC(N)C1. The zero-order valence-electron chi connectivity index (χ0n) is 15.4. The van der Waals surface area contributed by atoms with Crippen LogP contribution in [0.1, 0.15) is 24.0 Å². The van der Waals surface area contributed by atoms with Crippen LogP contribution in [0.15, 0.2) is 36.2 Å². The normalized spacial score (nSPS) is 25.7. The fourth-order valence-corrected chi connectivity index (χ4v) is 5.10. The lowest BCUT2D eigenvalue weighted by Crippen LogP contribution is -2.58. The Bertz CT molecular complexity index is 789. The molecule has 2 N–H and O–H groups in total. The highest BCUT2D eigenvalue weighted by atomic mass is 32.2. The number of benzene rings is 1. The van der Waals surface area contributed by atoms with Crippen LogP contribution in [0.4, 0.5) is 4.79 Å². The number of hydrogen-bond donors (Lipinski definition) is 1. The predicted octanol–water partition coefficient (Wildman–Crippen LogP) is 2.18. The van der Waals surface area contributed by atoms with E-state index in [0.29, 0.717) is 12.1 Å². The zero-order valence-corrected chi connectivity index (χ0v) is 16.2. The molecule has 0 saturated carbocycles. The minimum absolute atomic E-state index is 0.0460. The summed E-state index contributed by atoms with van der Waals surface area (Å²) in [6.07, 6.45) is 4.30. The van der Waals surface area contributed by atoms with E-state index in [1.807, 2.05) is 45.8 Å². The number of piperidine rings is 1. The largest absolute Gasteiger partial charge is 0.357 e. The maximum Gasteiger partial charge on any atom is 0.326 e. The number of fused-ring (bicyclic) bond motifs is 1. The van der Waals surface area contributed by atoms with Gasteiger partial charge in [-0.1, -0.05) is 18.2 Å². The van der Waals surface area contributed by atoms with E-state index in [9.17, 15) is 10.1 Å². The van der Waals surface area contributed by atoms with E-state index < -0.39 is 0 Å². The minimum atomic E-state index is 0.0460. The number of nitrogens with two attached hydrogens (primary N) is 1. The van der Waals surface area contributed by atoms with Gasteiger partial charge < -0.3 is 15.5 Å². The average Bonchev–Trinajstić information content (AvgIpc) is 2.70. The van der Waals surface area contributed by atoms with E-state index in [1.165, 1.54) is 0 Å². The molecule has 2 unspecified atom stereocenters. The van der Waals surface area contributed by atoms with Crippen LogP contribution in [-0.4, -0.2) is 64.0 Å². The Morgan fingerprint density at radius 2 is 2.15 bits per heavy atom. The quantitative estimate of drug-likeness (QED) is 0.866. The van der Waals surface area contributed by atoms with Crippen LogP contribution in [0.3, 0.4) is 0 Å². The van der Waals surface area contributed by atoms with Crippen LogP contribution in [0.5, 0.6) is 0 Å². The van der Waals surface area contributed by atoms with Crippen LogP contribution in [-0.2, 0) is 6.54 Å². The average molecular weight is 384 g/mol. The third kappa shape index (κ3) is 3.64. The molecule has 4 rings (SSSR count). The molecule has 1 aromatic carbocycles. The summed E-state index contributed by atoms with van der Waals surface area (Å²) in [6, 6.07) is 10.1. The first kappa shape index (κ1) is 18.2. The van der Waals surface area contributed by atoms with Crippen molar-refractivity contribution in [2.75, 3.05) is 31.1 Å². The Kier molecular flexibility index (Phi) is 5.28. The van der Waals surface area contributed by atoms with E-state index in [-0.39, 0.29) is 18.1 Å². The first-order valence-corrected chi connectivity index (χ1v) is 10.7. The summed E-state index contributed by atoms with van der Waals surface area (Å²) in [6.45, 7) is 2.88. The molecule has 3 aliphatic rings. The van der Waals surface area contributed by atoms with E-state index in [4.69, 9.17) is 5.73 Å². The summed E-state index contributed by atoms with van der Waals surface area (Å²) in [5, 5.41) is 9.44. The van der Waals surface area contributed by atoms with Gasteiger partial charge >= 0.3 is 6.03 Å². The summed E-state index contributed by atoms with van der Waals surface area (Å²) in [4.78, 5) is 19.4. The van der Waals surface area contributed by atoms with Gasteiger partial charge in [-0.05, 0) is 30.5 Å². The van der Waals surface area contributed by atoms with E-state index in [0.717, 1.165) is 55.4 Å². The molecule has 7 heteroatoms. The highest BCUT2D eigenvalue weighted by Crippen LogP contribution is 2.31. The van der Waals surface area contributed by atoms with Crippen molar-refractivity contribution in [3.05, 3.63) is 47.3 Å². The number of nitrogens with zero attached hydrogens (tertiary/aromatic N) is 4. The maximum absolute atomic E-state index is 13.4. The molecule has 0 aromatic heterocycles. The van der Waals surface area contributed by atoms with Gasteiger partial charge in [-0.25, -0.2) is 4.79 Å². The molecule has 3 heterocycles. The second-order valence-electron chi connectivity index (χ2n) is 7.35. The van der Waals surface area contributed by atoms with Crippen LogP contribution in [0.2, 0.25) is 0 Å². The minimum Gasteiger partial charge on any atom is -0.357 e. The van der Waals surface area contributed by atoms with Crippen molar-refractivity contribution in [1.29, 1.82) is 5.26 Å². The number of carbonyl (C=O) groups excluding carboxylic acids is 1. The lowest BCUT2D eigenvalue weighted by atomic mass is 10.0. The molecular weight excluding hydrogens is 358 g/mol. The molecule has 2 fully saturated rings. The van der Waals surface area contributed by atoms with E-state index >= 15 is 0 Å². The van der Waals surface area contributed by atoms with Gasteiger partial charge in [-0.3, -0.25) is 4.90 Å². The Morgan fingerprint density at radius 1 is 1.30 bits per heavy atom. The number of nitriles is 1. The third-order valence-corrected chi connectivity index (χ3v) is 6.56. The van der Waals surface area contributed by atoms with Crippen molar-refractivity contribution < 1.29 is 4.79 Å². The van der Waals surface area contributed by atoms with Gasteiger partial charge in [0, 0.05) is 37.2 Å². The highest BCUT2D eigenvalue weighted by molar-refractivity contribution is 7.99. The Hall–Kier alpha value is -2.17. The molecule has 2 atom stereocenters. The molecule has 2 saturated heterocycles. The number of amides is 2. The molecule has 0 radical (unpaired) electrons. The summed E-state index contributed by atoms with van der Waals surface area (Å²) in [7, 11) is 0. The molecule has 142 valence electrons. The predicted molar refractivity (Wildman–Crippen MR) is 107 cm³/mol. The van der Waals surface area contributed by atoms with Crippen LogP contribution >= 0.6 is 11.8 Å². The van der Waals surface area contributed by atoms with Crippen molar-refractivity contribution >= 4 is 17.8 Å². The number of urea groups is 1. The maximum atomic E-state index is 13.4. The van der Waals surface area contributed by atoms with Gasteiger partial charge in [-0.15, -0.1) is 0 Å². The molecular formula is C20H25N5OS. The molecule has 3 aliphatic heterocycles. The highest BCUT2D eigenvalue weighted by Gasteiger charge is 2.38. The monoisotopic (exact) mass is 383 g/mol. The number of thioether (sulfide) groups is 1. The Balaban J connectivity index is 1.68. The first-order chi connectivity index (χ1) is 13.2. The first-order valence-electron chi connectivity index (χ1n) is 9.53. The van der Waals surface area contributed by atoms with Gasteiger partial charge in [0.15, 0.2) is 0 Å². The summed E-state index contributed by atoms with van der Waals surface area (Å²) >= 11 is 1.90. The van der Waals surface area contributed by atoms with Crippen LogP contribution in [0, 0.1) is 11.3 Å². The topological polar surface area (TPSA) is 76.6 Å². The van der Waals surface area contributed by atoms with Gasteiger partial charge in [-0.2, -0.15) is 17.0 Å². The standard InChI is InChI=1S/C20H25N5OS/c21-11-15-4-1-2-5-16(15)12-25-19(23-7-3-6-17(22)13-23)10-18-14-27-9-8-24(18)20(25)26/h1-2,4-5,10,17-18H,3,6-9,12-14,22H2. The molecule has 6 nitrogen and oxygen atoms in total.